The van der Waals surface area contributed by atoms with Gasteiger partial charge in [-0.15, -0.1) is 0 Å². The second-order valence-corrected chi connectivity index (χ2v) is 4.54. The fourth-order valence-electron chi connectivity index (χ4n) is 2.01. The van der Waals surface area contributed by atoms with Crippen LogP contribution in [0.25, 0.3) is 0 Å². The third kappa shape index (κ3) is 3.72. The minimum Gasteiger partial charge on any atom is -0.496 e. The summed E-state index contributed by atoms with van der Waals surface area (Å²) in [4.78, 5) is 10.4. The Balaban J connectivity index is 2.17. The molecule has 0 saturated carbocycles. The van der Waals surface area contributed by atoms with Gasteiger partial charge in [0.15, 0.2) is 0 Å². The van der Waals surface area contributed by atoms with Crippen molar-refractivity contribution in [1.82, 2.24) is 0 Å². The summed E-state index contributed by atoms with van der Waals surface area (Å²) < 4.78 is 10.9. The molecule has 0 heterocycles. The maximum absolute atomic E-state index is 10.8. The van der Waals surface area contributed by atoms with Gasteiger partial charge in [-0.05, 0) is 30.2 Å². The average Bonchev–Trinajstić information content (AvgIpc) is 2.52. The second-order valence-electron chi connectivity index (χ2n) is 4.54. The quantitative estimate of drug-likeness (QED) is 0.599. The van der Waals surface area contributed by atoms with E-state index in [4.69, 9.17) is 9.47 Å². The van der Waals surface area contributed by atoms with Gasteiger partial charge in [0, 0.05) is 17.7 Å². The van der Waals surface area contributed by atoms with Crippen LogP contribution in [0.2, 0.25) is 0 Å². The van der Waals surface area contributed by atoms with E-state index in [-0.39, 0.29) is 12.3 Å². The molecule has 0 aromatic heterocycles. The molecule has 0 bridgehead atoms. The lowest BCUT2D eigenvalue weighted by Gasteiger charge is -2.11. The number of non-ortho nitro benzene ring substituents is 1. The molecular weight excluding hydrogens is 270 g/mol. The fraction of sp³-hybridized carbons (Fsp3) is 0.250. The maximum atomic E-state index is 10.8. The molecule has 5 heteroatoms. The van der Waals surface area contributed by atoms with Crippen molar-refractivity contribution >= 4 is 5.69 Å². The summed E-state index contributed by atoms with van der Waals surface area (Å²) in [5.74, 6) is 1.31. The van der Waals surface area contributed by atoms with Crippen LogP contribution >= 0.6 is 0 Å². The molecular formula is C16H17NO4. The molecule has 0 radical (unpaired) electrons. The zero-order chi connectivity index (χ0) is 15.2. The lowest BCUT2D eigenvalue weighted by atomic mass is 10.1. The van der Waals surface area contributed by atoms with Gasteiger partial charge < -0.3 is 9.47 Å². The summed E-state index contributed by atoms with van der Waals surface area (Å²) in [6.07, 6.45) is 0.928. The first kappa shape index (κ1) is 14.8. The molecule has 5 nitrogen and oxygen atoms in total. The molecule has 0 unspecified atom stereocenters. The van der Waals surface area contributed by atoms with Crippen molar-refractivity contribution in [3.63, 3.8) is 0 Å². The van der Waals surface area contributed by atoms with E-state index in [1.54, 1.807) is 6.07 Å². The van der Waals surface area contributed by atoms with Crippen molar-refractivity contribution in [2.45, 2.75) is 20.0 Å². The minimum atomic E-state index is -0.430. The van der Waals surface area contributed by atoms with Crippen molar-refractivity contribution in [1.29, 1.82) is 0 Å². The molecule has 0 spiro atoms. The highest BCUT2D eigenvalue weighted by Crippen LogP contribution is 2.25. The van der Waals surface area contributed by atoms with Crippen LogP contribution in [0.3, 0.4) is 0 Å². The molecule has 0 aliphatic heterocycles. The lowest BCUT2D eigenvalue weighted by molar-refractivity contribution is -0.385. The number of nitro groups is 1. The summed E-state index contributed by atoms with van der Waals surface area (Å²) >= 11 is 0. The molecule has 0 amide bonds. The smallest absolute Gasteiger partial charge is 0.270 e. The van der Waals surface area contributed by atoms with Crippen LogP contribution in [0.1, 0.15) is 18.1 Å². The van der Waals surface area contributed by atoms with Gasteiger partial charge in [-0.3, -0.25) is 10.1 Å². The molecule has 0 atom stereocenters. The zero-order valence-corrected chi connectivity index (χ0v) is 12.0. The van der Waals surface area contributed by atoms with E-state index >= 15 is 0 Å². The Morgan fingerprint density at radius 2 is 2.00 bits per heavy atom. The second kappa shape index (κ2) is 6.74. The van der Waals surface area contributed by atoms with Crippen molar-refractivity contribution in [2.75, 3.05) is 7.11 Å². The van der Waals surface area contributed by atoms with Crippen molar-refractivity contribution in [3.8, 4) is 11.5 Å². The Hall–Kier alpha value is -2.56. The third-order valence-corrected chi connectivity index (χ3v) is 3.18. The van der Waals surface area contributed by atoms with E-state index in [9.17, 15) is 10.1 Å². The summed E-state index contributed by atoms with van der Waals surface area (Å²) in [6, 6.07) is 12.3. The van der Waals surface area contributed by atoms with Crippen LogP contribution in [0, 0.1) is 10.1 Å². The van der Waals surface area contributed by atoms with Crippen molar-refractivity contribution in [2.24, 2.45) is 0 Å². The Morgan fingerprint density at radius 3 is 2.67 bits per heavy atom. The Bertz CT molecular complexity index is 640. The number of methoxy groups -OCH3 is 1. The molecule has 21 heavy (non-hydrogen) atoms. The van der Waals surface area contributed by atoms with Crippen LogP contribution in [0.5, 0.6) is 11.5 Å². The first-order valence-corrected chi connectivity index (χ1v) is 6.67. The van der Waals surface area contributed by atoms with E-state index in [0.29, 0.717) is 11.3 Å². The van der Waals surface area contributed by atoms with Gasteiger partial charge in [0.1, 0.15) is 18.1 Å². The number of rotatable bonds is 6. The molecule has 2 aromatic rings. The molecule has 0 saturated heterocycles. The largest absolute Gasteiger partial charge is 0.496 e. The van der Waals surface area contributed by atoms with E-state index in [1.165, 1.54) is 24.8 Å². The first-order valence-electron chi connectivity index (χ1n) is 6.67. The standard InChI is InChI=1S/C16H17NO4/c1-3-12-5-4-6-15(9-12)21-11-13-10-14(17(18)19)7-8-16(13)20-2/h4-10H,3,11H2,1-2H3. The van der Waals surface area contributed by atoms with Gasteiger partial charge in [0.2, 0.25) is 0 Å². The molecule has 2 aromatic carbocycles. The highest BCUT2D eigenvalue weighted by atomic mass is 16.6. The summed E-state index contributed by atoms with van der Waals surface area (Å²) in [5.41, 5.74) is 1.85. The SMILES string of the molecule is CCc1cccc(OCc2cc([N+](=O)[O-])ccc2OC)c1. The summed E-state index contributed by atoms with van der Waals surface area (Å²) in [6.45, 7) is 2.29. The van der Waals surface area contributed by atoms with Crippen LogP contribution < -0.4 is 9.47 Å². The molecule has 0 N–H and O–H groups in total. The van der Waals surface area contributed by atoms with Gasteiger partial charge in [0.25, 0.3) is 5.69 Å². The number of ether oxygens (including phenoxy) is 2. The number of hydrogen-bond donors (Lipinski definition) is 0. The molecule has 0 aliphatic carbocycles. The first-order chi connectivity index (χ1) is 10.1. The van der Waals surface area contributed by atoms with E-state index in [2.05, 4.69) is 6.92 Å². The summed E-state index contributed by atoms with van der Waals surface area (Å²) in [7, 11) is 1.53. The minimum absolute atomic E-state index is 0.0247. The molecule has 2 rings (SSSR count). The lowest BCUT2D eigenvalue weighted by Crippen LogP contribution is -2.00. The number of nitro benzene ring substituents is 1. The number of benzene rings is 2. The monoisotopic (exact) mass is 287 g/mol. The van der Waals surface area contributed by atoms with Crippen LogP contribution in [-0.2, 0) is 13.0 Å². The maximum Gasteiger partial charge on any atom is 0.270 e. The molecule has 0 fully saturated rings. The predicted molar refractivity (Wildman–Crippen MR) is 79.8 cm³/mol. The van der Waals surface area contributed by atoms with Gasteiger partial charge in [-0.2, -0.15) is 0 Å². The van der Waals surface area contributed by atoms with E-state index < -0.39 is 4.92 Å². The van der Waals surface area contributed by atoms with E-state index in [1.807, 2.05) is 24.3 Å². The molecule has 110 valence electrons. The molecule has 0 aliphatic rings. The number of nitrogens with zero attached hydrogens (tertiary/aromatic N) is 1. The fourth-order valence-corrected chi connectivity index (χ4v) is 2.01. The van der Waals surface area contributed by atoms with Crippen LogP contribution in [0.4, 0.5) is 5.69 Å². The van der Waals surface area contributed by atoms with Crippen LogP contribution in [0.15, 0.2) is 42.5 Å². The van der Waals surface area contributed by atoms with Gasteiger partial charge >= 0.3 is 0 Å². The third-order valence-electron chi connectivity index (χ3n) is 3.18. The zero-order valence-electron chi connectivity index (χ0n) is 12.0. The predicted octanol–water partition coefficient (Wildman–Crippen LogP) is 3.74. The number of hydrogen-bond acceptors (Lipinski definition) is 4. The normalized spacial score (nSPS) is 10.2. The van der Waals surface area contributed by atoms with E-state index in [0.717, 1.165) is 12.2 Å². The van der Waals surface area contributed by atoms with Crippen LogP contribution in [-0.4, -0.2) is 12.0 Å². The highest BCUT2D eigenvalue weighted by Gasteiger charge is 2.12. The average molecular weight is 287 g/mol. The van der Waals surface area contributed by atoms with Gasteiger partial charge in [0.05, 0.1) is 12.0 Å². The Labute approximate surface area is 123 Å². The summed E-state index contributed by atoms with van der Waals surface area (Å²) in [5, 5.41) is 10.8. The van der Waals surface area contributed by atoms with Gasteiger partial charge in [-0.1, -0.05) is 19.1 Å². The Morgan fingerprint density at radius 1 is 1.19 bits per heavy atom. The topological polar surface area (TPSA) is 61.6 Å². The Kier molecular flexibility index (Phi) is 4.77. The van der Waals surface area contributed by atoms with Crippen molar-refractivity contribution < 1.29 is 14.4 Å². The van der Waals surface area contributed by atoms with Gasteiger partial charge in [-0.25, -0.2) is 0 Å². The number of aryl methyl sites for hydroxylation is 1. The van der Waals surface area contributed by atoms with Crippen molar-refractivity contribution in [3.05, 3.63) is 63.7 Å². The highest BCUT2D eigenvalue weighted by molar-refractivity contribution is 5.43.